The van der Waals surface area contributed by atoms with Crippen molar-refractivity contribution in [3.63, 3.8) is 0 Å². The highest BCUT2D eigenvalue weighted by molar-refractivity contribution is 5.96. The van der Waals surface area contributed by atoms with Gasteiger partial charge in [-0.2, -0.15) is 4.98 Å². The van der Waals surface area contributed by atoms with E-state index in [1.165, 1.54) is 0 Å². The minimum Gasteiger partial charge on any atom is -0.486 e. The topological polar surface area (TPSA) is 77.7 Å². The van der Waals surface area contributed by atoms with Gasteiger partial charge in [0.05, 0.1) is 0 Å². The van der Waals surface area contributed by atoms with E-state index in [9.17, 15) is 4.79 Å². The van der Waals surface area contributed by atoms with Gasteiger partial charge < -0.3 is 18.9 Å². The van der Waals surface area contributed by atoms with Gasteiger partial charge in [-0.15, -0.1) is 0 Å². The van der Waals surface area contributed by atoms with Crippen LogP contribution in [0.4, 0.5) is 5.69 Å². The molecule has 3 aromatic rings. The zero-order chi connectivity index (χ0) is 19.1. The summed E-state index contributed by atoms with van der Waals surface area (Å²) in [7, 11) is 0. The fourth-order valence-corrected chi connectivity index (χ4v) is 3.63. The highest BCUT2D eigenvalue weighted by Gasteiger charge is 2.35. The second-order valence-corrected chi connectivity index (χ2v) is 7.06. The second kappa shape index (κ2) is 6.67. The van der Waals surface area contributed by atoms with Crippen LogP contribution in [-0.2, 0) is 4.79 Å². The smallest absolute Gasteiger partial charge is 0.257 e. The molecule has 2 aliphatic heterocycles. The number of hydrogen-bond acceptors (Lipinski definition) is 6. The summed E-state index contributed by atoms with van der Waals surface area (Å²) in [6.07, 6.45) is 0.348. The molecule has 1 aromatic heterocycles. The van der Waals surface area contributed by atoms with Crippen LogP contribution < -0.4 is 14.4 Å². The molecule has 1 amide bonds. The minimum atomic E-state index is -0.108. The highest BCUT2D eigenvalue weighted by atomic mass is 16.6. The first kappa shape index (κ1) is 16.8. The van der Waals surface area contributed by atoms with Gasteiger partial charge in [-0.3, -0.25) is 4.79 Å². The quantitative estimate of drug-likeness (QED) is 0.697. The number of carbonyl (C=O) groups excluding carboxylic acids is 1. The van der Waals surface area contributed by atoms with Crippen LogP contribution in [0.15, 0.2) is 47.0 Å². The van der Waals surface area contributed by atoms with Crippen molar-refractivity contribution in [2.45, 2.75) is 19.3 Å². The molecular weight excluding hydrogens is 358 g/mol. The first-order chi connectivity index (χ1) is 13.7. The Balaban J connectivity index is 1.37. The molecule has 1 atom stereocenters. The van der Waals surface area contributed by atoms with E-state index in [0.717, 1.165) is 16.8 Å². The predicted molar refractivity (Wildman–Crippen MR) is 102 cm³/mol. The zero-order valence-electron chi connectivity index (χ0n) is 15.4. The third-order valence-electron chi connectivity index (χ3n) is 5.03. The highest BCUT2D eigenvalue weighted by Crippen LogP contribution is 2.37. The molecule has 0 saturated carbocycles. The van der Waals surface area contributed by atoms with E-state index < -0.39 is 0 Å². The first-order valence-electron chi connectivity index (χ1n) is 9.28. The monoisotopic (exact) mass is 377 g/mol. The van der Waals surface area contributed by atoms with E-state index in [-0.39, 0.29) is 11.8 Å². The molecule has 28 heavy (non-hydrogen) atoms. The molecule has 1 fully saturated rings. The zero-order valence-corrected chi connectivity index (χ0v) is 15.4. The van der Waals surface area contributed by atoms with Crippen LogP contribution in [0, 0.1) is 6.92 Å². The number of amides is 1. The lowest BCUT2D eigenvalue weighted by atomic mass is 10.1. The number of hydrogen-bond donors (Lipinski definition) is 0. The van der Waals surface area contributed by atoms with E-state index in [4.69, 9.17) is 14.0 Å². The van der Waals surface area contributed by atoms with Crippen LogP contribution in [0.25, 0.3) is 11.5 Å². The number of aryl methyl sites for hydroxylation is 1. The van der Waals surface area contributed by atoms with Crippen LogP contribution >= 0.6 is 0 Å². The molecule has 0 spiro atoms. The number of aromatic nitrogens is 2. The van der Waals surface area contributed by atoms with Crippen molar-refractivity contribution < 1.29 is 18.8 Å². The van der Waals surface area contributed by atoms with Gasteiger partial charge in [-0.1, -0.05) is 22.9 Å². The molecule has 2 aliphatic rings. The molecule has 0 N–H and O–H groups in total. The lowest BCUT2D eigenvalue weighted by Crippen LogP contribution is -2.25. The fraction of sp³-hybridized carbons (Fsp3) is 0.286. The Hall–Kier alpha value is -3.35. The number of carbonyl (C=O) groups is 1. The molecule has 0 aliphatic carbocycles. The summed E-state index contributed by atoms with van der Waals surface area (Å²) in [5.41, 5.74) is 2.80. The standard InChI is InChI=1S/C21H19N3O4/c1-13-3-2-4-14(9-13)21-22-20(23-28-21)15-10-19(25)24(12-15)16-5-6-17-18(11-16)27-8-7-26-17/h2-6,9,11,15H,7-8,10,12H2,1H3. The van der Waals surface area contributed by atoms with E-state index in [1.807, 2.05) is 49.4 Å². The van der Waals surface area contributed by atoms with Crippen molar-refractivity contribution >= 4 is 11.6 Å². The normalized spacial score (nSPS) is 18.5. The number of fused-ring (bicyclic) bond motifs is 1. The lowest BCUT2D eigenvalue weighted by Gasteiger charge is -2.22. The number of anilines is 1. The molecule has 5 rings (SSSR count). The minimum absolute atomic E-state index is 0.0311. The summed E-state index contributed by atoms with van der Waals surface area (Å²) in [4.78, 5) is 18.9. The van der Waals surface area contributed by atoms with Gasteiger partial charge in [0.1, 0.15) is 13.2 Å². The van der Waals surface area contributed by atoms with Gasteiger partial charge in [0.25, 0.3) is 5.89 Å². The van der Waals surface area contributed by atoms with Crippen molar-refractivity contribution in [3.05, 3.63) is 53.9 Å². The van der Waals surface area contributed by atoms with Crippen LogP contribution in [0.1, 0.15) is 23.7 Å². The average Bonchev–Trinajstić information content (AvgIpc) is 3.34. The third kappa shape index (κ3) is 2.98. The van der Waals surface area contributed by atoms with Gasteiger partial charge in [-0.25, -0.2) is 0 Å². The summed E-state index contributed by atoms with van der Waals surface area (Å²) in [5, 5.41) is 4.13. The molecule has 0 radical (unpaired) electrons. The lowest BCUT2D eigenvalue weighted by molar-refractivity contribution is -0.117. The molecule has 142 valence electrons. The Kier molecular flexibility index (Phi) is 4.00. The van der Waals surface area contributed by atoms with Crippen LogP contribution in [0.2, 0.25) is 0 Å². The molecular formula is C21H19N3O4. The fourth-order valence-electron chi connectivity index (χ4n) is 3.63. The molecule has 3 heterocycles. The van der Waals surface area contributed by atoms with Crippen molar-refractivity contribution in [3.8, 4) is 23.0 Å². The van der Waals surface area contributed by atoms with E-state index in [2.05, 4.69) is 10.1 Å². The van der Waals surface area contributed by atoms with Gasteiger partial charge in [0.15, 0.2) is 17.3 Å². The second-order valence-electron chi connectivity index (χ2n) is 7.06. The van der Waals surface area contributed by atoms with Gasteiger partial charge in [-0.05, 0) is 31.2 Å². The summed E-state index contributed by atoms with van der Waals surface area (Å²) >= 11 is 0. The van der Waals surface area contributed by atoms with E-state index in [0.29, 0.717) is 49.4 Å². The van der Waals surface area contributed by atoms with E-state index in [1.54, 1.807) is 4.90 Å². The largest absolute Gasteiger partial charge is 0.486 e. The summed E-state index contributed by atoms with van der Waals surface area (Å²) in [5.74, 6) is 2.33. The van der Waals surface area contributed by atoms with Gasteiger partial charge >= 0.3 is 0 Å². The van der Waals surface area contributed by atoms with E-state index >= 15 is 0 Å². The number of rotatable bonds is 3. The maximum absolute atomic E-state index is 12.6. The Morgan fingerprint density at radius 1 is 1.07 bits per heavy atom. The van der Waals surface area contributed by atoms with Crippen molar-refractivity contribution in [1.29, 1.82) is 0 Å². The summed E-state index contributed by atoms with van der Waals surface area (Å²) in [6, 6.07) is 13.5. The summed E-state index contributed by atoms with van der Waals surface area (Å²) in [6.45, 7) is 3.57. The van der Waals surface area contributed by atoms with Gasteiger partial charge in [0, 0.05) is 36.2 Å². The Morgan fingerprint density at radius 2 is 1.93 bits per heavy atom. The molecule has 7 heteroatoms. The molecule has 1 saturated heterocycles. The number of benzene rings is 2. The first-order valence-corrected chi connectivity index (χ1v) is 9.28. The molecule has 1 unspecified atom stereocenters. The number of nitrogens with zero attached hydrogens (tertiary/aromatic N) is 3. The Morgan fingerprint density at radius 3 is 2.79 bits per heavy atom. The summed E-state index contributed by atoms with van der Waals surface area (Å²) < 4.78 is 16.6. The van der Waals surface area contributed by atoms with Crippen LogP contribution in [-0.4, -0.2) is 35.8 Å². The van der Waals surface area contributed by atoms with Crippen molar-refractivity contribution in [1.82, 2.24) is 10.1 Å². The van der Waals surface area contributed by atoms with Crippen molar-refractivity contribution in [2.24, 2.45) is 0 Å². The third-order valence-corrected chi connectivity index (χ3v) is 5.03. The average molecular weight is 377 g/mol. The van der Waals surface area contributed by atoms with Gasteiger partial charge in [0.2, 0.25) is 5.91 Å². The molecule has 0 bridgehead atoms. The number of ether oxygens (including phenoxy) is 2. The molecule has 2 aromatic carbocycles. The SMILES string of the molecule is Cc1cccc(-c2nc(C3CC(=O)N(c4ccc5c(c4)OCCO5)C3)no2)c1. The van der Waals surface area contributed by atoms with Crippen LogP contribution in [0.5, 0.6) is 11.5 Å². The predicted octanol–water partition coefficient (Wildman–Crippen LogP) is 3.34. The molecule has 7 nitrogen and oxygen atoms in total. The van der Waals surface area contributed by atoms with Crippen molar-refractivity contribution in [2.75, 3.05) is 24.7 Å². The van der Waals surface area contributed by atoms with Crippen LogP contribution in [0.3, 0.4) is 0 Å². The maximum atomic E-state index is 12.6. The maximum Gasteiger partial charge on any atom is 0.257 e. The Labute approximate surface area is 161 Å². The Bertz CT molecular complexity index is 1050.